The largest absolute Gasteiger partial charge is 0.497 e. The predicted molar refractivity (Wildman–Crippen MR) is 167 cm³/mol. The fraction of sp³-hybridized carbons (Fsp3) is 0.333. The fourth-order valence-electron chi connectivity index (χ4n) is 4.54. The molecule has 1 saturated heterocycles. The third-order valence-electron chi connectivity index (χ3n) is 6.69. The molecule has 1 aromatic carbocycles. The number of rotatable bonds is 10. The number of piperazine rings is 1. The normalized spacial score (nSPS) is 13.8. The molecule has 43 heavy (non-hydrogen) atoms. The number of carbonyl (C=O) groups excluding carboxylic acids is 2. The molecule has 3 aromatic rings. The SMILES string of the molecule is CCNC(=O)/C(C#N)=c1\sc(=C=CNc2cccc(NC(=O)CN3CCN(c4cccc(OC)c4)CC3)n2)c(=O)n1CC. The Morgan fingerprint density at radius 3 is 2.56 bits per heavy atom. The molecule has 3 N–H and O–H groups in total. The van der Waals surface area contributed by atoms with Crippen LogP contribution >= 0.6 is 11.3 Å². The average molecular weight is 603 g/mol. The maximum atomic E-state index is 12.9. The minimum absolute atomic E-state index is 0.115. The monoisotopic (exact) mass is 602 g/mol. The van der Waals surface area contributed by atoms with E-state index in [0.29, 0.717) is 24.7 Å². The highest BCUT2D eigenvalue weighted by atomic mass is 32.1. The van der Waals surface area contributed by atoms with Gasteiger partial charge in [0.1, 0.15) is 32.6 Å². The molecule has 1 fully saturated rings. The molecule has 0 saturated carbocycles. The lowest BCUT2D eigenvalue weighted by molar-refractivity contribution is -0.117. The van der Waals surface area contributed by atoms with E-state index in [9.17, 15) is 19.6 Å². The van der Waals surface area contributed by atoms with Gasteiger partial charge in [-0.25, -0.2) is 4.98 Å². The van der Waals surface area contributed by atoms with Gasteiger partial charge in [-0.3, -0.25) is 23.9 Å². The van der Waals surface area contributed by atoms with Crippen LogP contribution in [0.2, 0.25) is 0 Å². The van der Waals surface area contributed by atoms with E-state index in [-0.39, 0.29) is 32.8 Å². The van der Waals surface area contributed by atoms with Crippen LogP contribution in [0.1, 0.15) is 13.8 Å². The Hall–Kier alpha value is -4.89. The zero-order valence-electron chi connectivity index (χ0n) is 24.3. The lowest BCUT2D eigenvalue weighted by atomic mass is 10.2. The highest BCUT2D eigenvalue weighted by Gasteiger charge is 2.20. The van der Waals surface area contributed by atoms with Crippen molar-refractivity contribution in [3.63, 3.8) is 0 Å². The molecule has 13 heteroatoms. The molecule has 3 heterocycles. The maximum absolute atomic E-state index is 12.9. The van der Waals surface area contributed by atoms with Gasteiger partial charge in [0, 0.05) is 57.2 Å². The van der Waals surface area contributed by atoms with E-state index in [4.69, 9.17) is 4.74 Å². The summed E-state index contributed by atoms with van der Waals surface area (Å²) in [4.78, 5) is 46.7. The second kappa shape index (κ2) is 14.8. The van der Waals surface area contributed by atoms with Gasteiger partial charge in [0.25, 0.3) is 11.5 Å². The van der Waals surface area contributed by atoms with Crippen LogP contribution in [0, 0.1) is 11.3 Å². The second-order valence-electron chi connectivity index (χ2n) is 9.49. The minimum atomic E-state index is -0.527. The Bertz CT molecular complexity index is 1730. The number of benzene rings is 1. The Balaban J connectivity index is 1.38. The number of thiazole rings is 1. The number of amides is 2. The molecule has 4 rings (SSSR count). The van der Waals surface area contributed by atoms with E-state index in [1.807, 2.05) is 24.3 Å². The van der Waals surface area contributed by atoms with Gasteiger partial charge in [0.2, 0.25) is 5.91 Å². The Morgan fingerprint density at radius 2 is 1.86 bits per heavy atom. The van der Waals surface area contributed by atoms with Crippen molar-refractivity contribution in [2.45, 2.75) is 20.4 Å². The predicted octanol–water partition coefficient (Wildman–Crippen LogP) is 0.910. The molecule has 0 aliphatic carbocycles. The fourth-order valence-corrected chi connectivity index (χ4v) is 5.61. The van der Waals surface area contributed by atoms with Gasteiger partial charge in [-0.05, 0) is 38.1 Å². The number of aromatic nitrogens is 2. The van der Waals surface area contributed by atoms with Crippen LogP contribution in [0.25, 0.3) is 11.3 Å². The highest BCUT2D eigenvalue weighted by Crippen LogP contribution is 2.22. The zero-order valence-corrected chi connectivity index (χ0v) is 25.2. The van der Waals surface area contributed by atoms with Crippen LogP contribution in [-0.2, 0) is 16.1 Å². The van der Waals surface area contributed by atoms with Crippen molar-refractivity contribution in [3.8, 4) is 11.8 Å². The first-order chi connectivity index (χ1) is 20.9. The summed E-state index contributed by atoms with van der Waals surface area (Å²) in [6, 6.07) is 15.0. The lowest BCUT2D eigenvalue weighted by Gasteiger charge is -2.35. The standard InChI is InChI=1S/C30H34N8O4S/c1-4-32-28(40)23(19-31)30-38(5-2)29(41)24(43-30)12-13-33-25-10-7-11-26(34-25)35-27(39)20-36-14-16-37(17-15-36)21-8-6-9-22(18-21)42-3/h6-11,13,18H,4-5,14-17,20H2,1-3H3,(H,32,40)(H2,33,34,35,39)/b30-23-. The van der Waals surface area contributed by atoms with Gasteiger partial charge in [-0.2, -0.15) is 5.26 Å². The van der Waals surface area contributed by atoms with Crippen LogP contribution in [-0.4, -0.2) is 72.6 Å². The van der Waals surface area contributed by atoms with Gasteiger partial charge in [0.15, 0.2) is 5.57 Å². The van der Waals surface area contributed by atoms with Crippen molar-refractivity contribution >= 4 is 51.8 Å². The van der Waals surface area contributed by atoms with Gasteiger partial charge < -0.3 is 25.6 Å². The summed E-state index contributed by atoms with van der Waals surface area (Å²) in [6.45, 7) is 7.54. The molecule has 224 valence electrons. The van der Waals surface area contributed by atoms with Crippen molar-refractivity contribution in [2.75, 3.05) is 61.9 Å². The topological polar surface area (TPSA) is 145 Å². The molecule has 0 unspecified atom stereocenters. The number of carbonyl (C=O) groups is 2. The average Bonchev–Trinajstić information content (AvgIpc) is 3.32. The molecule has 1 aliphatic rings. The number of nitriles is 1. The smallest absolute Gasteiger partial charge is 0.277 e. The van der Waals surface area contributed by atoms with Crippen LogP contribution in [0.5, 0.6) is 5.75 Å². The number of ether oxygens (including phenoxy) is 1. The van der Waals surface area contributed by atoms with Gasteiger partial charge in [-0.15, -0.1) is 11.3 Å². The number of anilines is 3. The number of nitrogens with zero attached hydrogens (tertiary/aromatic N) is 5. The molecule has 0 atom stereocenters. The van der Waals surface area contributed by atoms with Crippen molar-refractivity contribution in [2.24, 2.45) is 0 Å². The summed E-state index contributed by atoms with van der Waals surface area (Å²) in [5.74, 6) is 0.959. The third-order valence-corrected chi connectivity index (χ3v) is 7.80. The van der Waals surface area contributed by atoms with E-state index in [0.717, 1.165) is 49.0 Å². The van der Waals surface area contributed by atoms with Crippen LogP contribution in [0.3, 0.4) is 0 Å². The summed E-state index contributed by atoms with van der Waals surface area (Å²) in [6.07, 6.45) is 1.44. The molecule has 12 nitrogen and oxygen atoms in total. The molecule has 2 amide bonds. The van der Waals surface area contributed by atoms with Crippen LogP contribution in [0.15, 0.2) is 53.5 Å². The number of pyridine rings is 1. The van der Waals surface area contributed by atoms with Crippen molar-refractivity contribution in [1.29, 1.82) is 5.26 Å². The summed E-state index contributed by atoms with van der Waals surface area (Å²) in [5, 5.41) is 17.9. The van der Waals surface area contributed by atoms with E-state index < -0.39 is 5.91 Å². The van der Waals surface area contributed by atoms with E-state index in [1.54, 1.807) is 39.2 Å². The zero-order chi connectivity index (χ0) is 30.8. The number of methoxy groups -OCH3 is 1. The molecule has 0 bridgehead atoms. The van der Waals surface area contributed by atoms with Gasteiger partial charge >= 0.3 is 0 Å². The summed E-state index contributed by atoms with van der Waals surface area (Å²) in [5.41, 5.74) is 3.53. The van der Waals surface area contributed by atoms with Gasteiger partial charge in [-0.1, -0.05) is 17.9 Å². The quantitative estimate of drug-likeness (QED) is 0.308. The van der Waals surface area contributed by atoms with Crippen LogP contribution in [0.4, 0.5) is 17.3 Å². The first kappa shape index (κ1) is 31.1. The first-order valence-corrected chi connectivity index (χ1v) is 14.7. The molecule has 2 aromatic heterocycles. The van der Waals surface area contributed by atoms with E-state index >= 15 is 0 Å². The number of hydrogen-bond donors (Lipinski definition) is 3. The summed E-state index contributed by atoms with van der Waals surface area (Å²) in [7, 11) is 1.65. The molecular weight excluding hydrogens is 568 g/mol. The molecular formula is C30H34N8O4S. The Kier molecular flexibility index (Phi) is 10.7. The van der Waals surface area contributed by atoms with Crippen molar-refractivity contribution in [3.05, 3.63) is 68.2 Å². The maximum Gasteiger partial charge on any atom is 0.277 e. The molecule has 1 aliphatic heterocycles. The van der Waals surface area contributed by atoms with E-state index in [2.05, 4.69) is 42.5 Å². The number of nitrogens with one attached hydrogen (secondary N) is 3. The third kappa shape index (κ3) is 7.90. The number of hydrogen-bond acceptors (Lipinski definition) is 10. The van der Waals surface area contributed by atoms with Crippen LogP contribution < -0.4 is 40.3 Å². The minimum Gasteiger partial charge on any atom is -0.497 e. The Labute approximate surface area is 253 Å². The van der Waals surface area contributed by atoms with Gasteiger partial charge in [0.05, 0.1) is 13.7 Å². The van der Waals surface area contributed by atoms with Crippen molar-refractivity contribution in [1.82, 2.24) is 19.8 Å². The van der Waals surface area contributed by atoms with E-state index in [1.165, 1.54) is 10.8 Å². The molecule has 0 spiro atoms. The second-order valence-corrected chi connectivity index (χ2v) is 10.5. The Morgan fingerprint density at radius 1 is 1.12 bits per heavy atom. The summed E-state index contributed by atoms with van der Waals surface area (Å²) >= 11 is 1.02. The lowest BCUT2D eigenvalue weighted by Crippen LogP contribution is -2.48. The van der Waals surface area contributed by atoms with Crippen molar-refractivity contribution < 1.29 is 14.3 Å². The molecule has 0 radical (unpaired) electrons. The summed E-state index contributed by atoms with van der Waals surface area (Å²) < 4.78 is 7.21. The highest BCUT2D eigenvalue weighted by molar-refractivity contribution is 7.07. The first-order valence-electron chi connectivity index (χ1n) is 13.9.